The number of nitrogens with two attached hydrogens (primary N) is 1. The second kappa shape index (κ2) is 6.36. The van der Waals surface area contributed by atoms with E-state index in [1.165, 1.54) is 6.07 Å². The molecule has 116 valence electrons. The van der Waals surface area contributed by atoms with Crippen molar-refractivity contribution in [2.75, 3.05) is 5.73 Å². The summed E-state index contributed by atoms with van der Waals surface area (Å²) >= 11 is 0. The van der Waals surface area contributed by atoms with E-state index in [0.717, 1.165) is 16.9 Å². The molecule has 0 spiro atoms. The third-order valence-electron chi connectivity index (χ3n) is 3.48. The molecule has 3 aromatic rings. The number of aryl methyl sites for hydroxylation is 1. The lowest BCUT2D eigenvalue weighted by atomic mass is 10.1. The molecule has 0 radical (unpaired) electrons. The van der Waals surface area contributed by atoms with Gasteiger partial charge in [0.2, 0.25) is 0 Å². The molecule has 2 aromatic carbocycles. The average Bonchev–Trinajstić information content (AvgIpc) is 2.56. The Hall–Kier alpha value is -3.08. The predicted molar refractivity (Wildman–Crippen MR) is 90.2 cm³/mol. The third kappa shape index (κ3) is 3.58. The fourth-order valence-electron chi connectivity index (χ4n) is 2.19. The van der Waals surface area contributed by atoms with E-state index >= 15 is 0 Å². The first-order valence-electron chi connectivity index (χ1n) is 7.26. The number of nitrogen functional groups attached to an aromatic ring is 1. The zero-order valence-electron chi connectivity index (χ0n) is 12.7. The first kappa shape index (κ1) is 14.8. The van der Waals surface area contributed by atoms with Gasteiger partial charge >= 0.3 is 0 Å². The number of nitrogens with one attached hydrogen (secondary N) is 1. The molecule has 3 N–H and O–H groups in total. The minimum atomic E-state index is -0.221. The van der Waals surface area contributed by atoms with Crippen LogP contribution in [0.25, 0.3) is 11.3 Å². The molecule has 0 unspecified atom stereocenters. The van der Waals surface area contributed by atoms with Gasteiger partial charge in [-0.2, -0.15) is 0 Å². The van der Waals surface area contributed by atoms with Crippen molar-refractivity contribution in [2.45, 2.75) is 13.5 Å². The van der Waals surface area contributed by atoms with Crippen molar-refractivity contribution in [3.05, 3.63) is 76.3 Å². The molecule has 1 heterocycles. The summed E-state index contributed by atoms with van der Waals surface area (Å²) in [5, 5.41) is 0. The minimum Gasteiger partial charge on any atom is -0.486 e. The van der Waals surface area contributed by atoms with E-state index in [-0.39, 0.29) is 12.2 Å². The van der Waals surface area contributed by atoms with Crippen molar-refractivity contribution in [1.29, 1.82) is 0 Å². The van der Waals surface area contributed by atoms with Crippen LogP contribution in [0.15, 0.2) is 59.4 Å². The highest BCUT2D eigenvalue weighted by Gasteiger charge is 2.06. The first-order chi connectivity index (χ1) is 11.1. The van der Waals surface area contributed by atoms with Crippen molar-refractivity contribution in [3.63, 3.8) is 0 Å². The van der Waals surface area contributed by atoms with Crippen LogP contribution in [0.4, 0.5) is 5.69 Å². The first-order valence-corrected chi connectivity index (χ1v) is 7.26. The lowest BCUT2D eigenvalue weighted by Gasteiger charge is -2.08. The second-order valence-corrected chi connectivity index (χ2v) is 5.25. The highest BCUT2D eigenvalue weighted by Crippen LogP contribution is 2.21. The van der Waals surface area contributed by atoms with Gasteiger partial charge in [-0.3, -0.25) is 4.79 Å². The minimum absolute atomic E-state index is 0.189. The number of anilines is 1. The number of benzene rings is 2. The lowest BCUT2D eigenvalue weighted by molar-refractivity contribution is 0.295. The normalized spacial score (nSPS) is 10.5. The third-order valence-corrected chi connectivity index (χ3v) is 3.48. The predicted octanol–water partition coefficient (Wildman–Crippen LogP) is 2.91. The summed E-state index contributed by atoms with van der Waals surface area (Å²) in [7, 11) is 0. The standard InChI is InChI=1S/C18H17N3O2/c1-12-7-8-13(9-15(12)19)16-10-18(22)21-17(20-16)11-23-14-5-3-2-4-6-14/h2-10H,11,19H2,1H3,(H,20,21,22). The number of H-pyrrole nitrogens is 1. The maximum absolute atomic E-state index is 11.9. The fraction of sp³-hybridized carbons (Fsp3) is 0.111. The van der Waals surface area contributed by atoms with E-state index < -0.39 is 0 Å². The zero-order valence-corrected chi connectivity index (χ0v) is 12.7. The van der Waals surface area contributed by atoms with Crippen molar-refractivity contribution in [2.24, 2.45) is 0 Å². The van der Waals surface area contributed by atoms with E-state index in [9.17, 15) is 4.79 Å². The largest absolute Gasteiger partial charge is 0.486 e. The van der Waals surface area contributed by atoms with Crippen LogP contribution in [-0.2, 0) is 6.61 Å². The summed E-state index contributed by atoms with van der Waals surface area (Å²) in [6.45, 7) is 2.12. The van der Waals surface area contributed by atoms with Crippen LogP contribution >= 0.6 is 0 Å². The van der Waals surface area contributed by atoms with Gasteiger partial charge in [0.15, 0.2) is 0 Å². The molecular weight excluding hydrogens is 290 g/mol. The second-order valence-electron chi connectivity index (χ2n) is 5.25. The van der Waals surface area contributed by atoms with Crippen LogP contribution in [0.1, 0.15) is 11.4 Å². The summed E-state index contributed by atoms with van der Waals surface area (Å²) in [6, 6.07) is 16.5. The van der Waals surface area contributed by atoms with Gasteiger partial charge in [0.25, 0.3) is 5.56 Å². The Morgan fingerprint density at radius 3 is 2.65 bits per heavy atom. The molecule has 0 aliphatic carbocycles. The fourth-order valence-corrected chi connectivity index (χ4v) is 2.19. The Morgan fingerprint density at radius 2 is 1.91 bits per heavy atom. The van der Waals surface area contributed by atoms with Gasteiger partial charge in [-0.15, -0.1) is 0 Å². The topological polar surface area (TPSA) is 81.0 Å². The van der Waals surface area contributed by atoms with Crippen LogP contribution in [0, 0.1) is 6.92 Å². The molecule has 0 bridgehead atoms. The van der Waals surface area contributed by atoms with E-state index in [4.69, 9.17) is 10.5 Å². The number of nitrogens with zero attached hydrogens (tertiary/aromatic N) is 1. The molecule has 0 atom stereocenters. The molecular formula is C18H17N3O2. The van der Waals surface area contributed by atoms with Crippen LogP contribution in [0.3, 0.4) is 0 Å². The number of para-hydroxylation sites is 1. The van der Waals surface area contributed by atoms with Gasteiger partial charge in [-0.25, -0.2) is 4.98 Å². The highest BCUT2D eigenvalue weighted by molar-refractivity contribution is 5.65. The van der Waals surface area contributed by atoms with Crippen molar-refractivity contribution in [1.82, 2.24) is 9.97 Å². The maximum atomic E-state index is 11.9. The van der Waals surface area contributed by atoms with Gasteiger partial charge in [-0.1, -0.05) is 30.3 Å². The smallest absolute Gasteiger partial charge is 0.251 e. The Labute approximate surface area is 133 Å². The van der Waals surface area contributed by atoms with E-state index in [0.29, 0.717) is 17.2 Å². The number of aromatic amines is 1. The van der Waals surface area contributed by atoms with Gasteiger partial charge in [0.1, 0.15) is 18.2 Å². The SMILES string of the molecule is Cc1ccc(-c2cc(=O)[nH]c(COc3ccccc3)n2)cc1N. The van der Waals surface area contributed by atoms with E-state index in [1.54, 1.807) is 0 Å². The summed E-state index contributed by atoms with van der Waals surface area (Å²) in [6.07, 6.45) is 0. The van der Waals surface area contributed by atoms with Crippen molar-refractivity contribution in [3.8, 4) is 17.0 Å². The van der Waals surface area contributed by atoms with Gasteiger partial charge in [0, 0.05) is 17.3 Å². The molecule has 0 saturated heterocycles. The molecule has 0 saturated carbocycles. The van der Waals surface area contributed by atoms with Crippen LogP contribution in [-0.4, -0.2) is 9.97 Å². The number of ether oxygens (including phenoxy) is 1. The Balaban J connectivity index is 1.87. The molecule has 0 fully saturated rings. The summed E-state index contributed by atoms with van der Waals surface area (Å²) < 4.78 is 5.62. The molecule has 23 heavy (non-hydrogen) atoms. The van der Waals surface area contributed by atoms with Crippen LogP contribution in [0.2, 0.25) is 0 Å². The summed E-state index contributed by atoms with van der Waals surface area (Å²) in [5.74, 6) is 1.19. The van der Waals surface area contributed by atoms with Crippen molar-refractivity contribution < 1.29 is 4.74 Å². The molecule has 0 aliphatic heterocycles. The maximum Gasteiger partial charge on any atom is 0.251 e. The van der Waals surface area contributed by atoms with Crippen LogP contribution in [0.5, 0.6) is 5.75 Å². The monoisotopic (exact) mass is 307 g/mol. The van der Waals surface area contributed by atoms with Gasteiger partial charge < -0.3 is 15.5 Å². The van der Waals surface area contributed by atoms with E-state index in [1.807, 2.05) is 55.5 Å². The van der Waals surface area contributed by atoms with Crippen LogP contribution < -0.4 is 16.0 Å². The molecule has 1 aromatic heterocycles. The Bertz CT molecular complexity index is 873. The number of rotatable bonds is 4. The molecule has 5 nitrogen and oxygen atoms in total. The van der Waals surface area contributed by atoms with Gasteiger partial charge in [-0.05, 0) is 30.7 Å². The van der Waals surface area contributed by atoms with E-state index in [2.05, 4.69) is 9.97 Å². The molecule has 0 amide bonds. The summed E-state index contributed by atoms with van der Waals surface area (Å²) in [5.41, 5.74) is 8.76. The highest BCUT2D eigenvalue weighted by atomic mass is 16.5. The Kier molecular flexibility index (Phi) is 4.10. The Morgan fingerprint density at radius 1 is 1.13 bits per heavy atom. The molecule has 0 aliphatic rings. The number of hydrogen-bond donors (Lipinski definition) is 2. The quantitative estimate of drug-likeness (QED) is 0.726. The van der Waals surface area contributed by atoms with Gasteiger partial charge in [0.05, 0.1) is 5.69 Å². The number of aromatic nitrogens is 2. The zero-order chi connectivity index (χ0) is 16.2. The number of hydrogen-bond acceptors (Lipinski definition) is 4. The summed E-state index contributed by atoms with van der Waals surface area (Å²) in [4.78, 5) is 19.0. The lowest BCUT2D eigenvalue weighted by Crippen LogP contribution is -2.13. The molecule has 3 rings (SSSR count). The average molecular weight is 307 g/mol. The molecule has 5 heteroatoms. The van der Waals surface area contributed by atoms with Crippen molar-refractivity contribution >= 4 is 5.69 Å².